The SMILES string of the molecule is CCCCN(c1ccc(C#N)c(Br)c1)C1CC1. The van der Waals surface area contributed by atoms with E-state index in [4.69, 9.17) is 5.26 Å². The molecule has 0 saturated heterocycles. The second-order valence-electron chi connectivity index (χ2n) is 4.55. The molecule has 0 spiro atoms. The fourth-order valence-electron chi connectivity index (χ4n) is 2.01. The van der Waals surface area contributed by atoms with Crippen molar-refractivity contribution in [1.29, 1.82) is 5.26 Å². The summed E-state index contributed by atoms with van der Waals surface area (Å²) in [6.45, 7) is 3.35. The molecule has 2 rings (SSSR count). The fourth-order valence-corrected chi connectivity index (χ4v) is 2.47. The topological polar surface area (TPSA) is 27.0 Å². The van der Waals surface area contributed by atoms with Gasteiger partial charge in [-0.15, -0.1) is 0 Å². The number of halogens is 1. The molecule has 0 bridgehead atoms. The summed E-state index contributed by atoms with van der Waals surface area (Å²) in [6.07, 6.45) is 5.07. The lowest BCUT2D eigenvalue weighted by Gasteiger charge is -2.25. The highest BCUT2D eigenvalue weighted by molar-refractivity contribution is 9.10. The molecule has 0 amide bonds. The summed E-state index contributed by atoms with van der Waals surface area (Å²) in [5.74, 6) is 0. The molecule has 0 unspecified atom stereocenters. The van der Waals surface area contributed by atoms with Crippen molar-refractivity contribution >= 4 is 21.6 Å². The van der Waals surface area contributed by atoms with E-state index in [9.17, 15) is 0 Å². The fraction of sp³-hybridized carbons (Fsp3) is 0.500. The lowest BCUT2D eigenvalue weighted by atomic mass is 10.2. The highest BCUT2D eigenvalue weighted by Crippen LogP contribution is 2.33. The van der Waals surface area contributed by atoms with Gasteiger partial charge in [0.25, 0.3) is 0 Å². The summed E-state index contributed by atoms with van der Waals surface area (Å²) in [5, 5.41) is 8.92. The minimum absolute atomic E-state index is 0.708. The minimum atomic E-state index is 0.708. The Bertz CT molecular complexity index is 432. The Balaban J connectivity index is 2.18. The van der Waals surface area contributed by atoms with Crippen LogP contribution in [0.15, 0.2) is 22.7 Å². The first-order chi connectivity index (χ1) is 8.26. The second kappa shape index (κ2) is 5.55. The Morgan fingerprint density at radius 2 is 2.24 bits per heavy atom. The van der Waals surface area contributed by atoms with Gasteiger partial charge in [0.2, 0.25) is 0 Å². The smallest absolute Gasteiger partial charge is 0.100 e. The molecule has 1 fully saturated rings. The van der Waals surface area contributed by atoms with Crippen LogP contribution in [0.5, 0.6) is 0 Å². The van der Waals surface area contributed by atoms with Crippen LogP contribution in [0.3, 0.4) is 0 Å². The van der Waals surface area contributed by atoms with Gasteiger partial charge in [-0.3, -0.25) is 0 Å². The minimum Gasteiger partial charge on any atom is -0.369 e. The average Bonchev–Trinajstić information content (AvgIpc) is 3.14. The molecule has 2 nitrogen and oxygen atoms in total. The Morgan fingerprint density at radius 3 is 2.76 bits per heavy atom. The van der Waals surface area contributed by atoms with Crippen LogP contribution < -0.4 is 4.90 Å². The van der Waals surface area contributed by atoms with E-state index in [1.807, 2.05) is 6.07 Å². The number of anilines is 1. The molecule has 0 atom stereocenters. The van der Waals surface area contributed by atoms with Crippen LogP contribution in [0, 0.1) is 11.3 Å². The third-order valence-electron chi connectivity index (χ3n) is 3.14. The first-order valence-electron chi connectivity index (χ1n) is 6.22. The summed E-state index contributed by atoms with van der Waals surface area (Å²) in [7, 11) is 0. The molecule has 1 aromatic carbocycles. The number of hydrogen-bond acceptors (Lipinski definition) is 2. The molecule has 0 aromatic heterocycles. The van der Waals surface area contributed by atoms with E-state index in [0.717, 1.165) is 17.1 Å². The Hall–Kier alpha value is -1.01. The van der Waals surface area contributed by atoms with Gasteiger partial charge in [-0.2, -0.15) is 5.26 Å². The first-order valence-corrected chi connectivity index (χ1v) is 7.02. The van der Waals surface area contributed by atoms with Crippen LogP contribution in [0.1, 0.15) is 38.2 Å². The number of rotatable bonds is 5. The molecule has 1 aliphatic rings. The second-order valence-corrected chi connectivity index (χ2v) is 5.41. The van der Waals surface area contributed by atoms with E-state index in [2.05, 4.69) is 46.0 Å². The zero-order chi connectivity index (χ0) is 12.3. The predicted molar refractivity (Wildman–Crippen MR) is 74.1 cm³/mol. The number of nitrogens with zero attached hydrogens (tertiary/aromatic N) is 2. The molecule has 90 valence electrons. The van der Waals surface area contributed by atoms with Gasteiger partial charge < -0.3 is 4.90 Å². The van der Waals surface area contributed by atoms with E-state index in [-0.39, 0.29) is 0 Å². The summed E-state index contributed by atoms with van der Waals surface area (Å²) in [6, 6.07) is 8.95. The Kier molecular flexibility index (Phi) is 4.06. The van der Waals surface area contributed by atoms with Crippen molar-refractivity contribution in [3.05, 3.63) is 28.2 Å². The molecular weight excluding hydrogens is 276 g/mol. The third kappa shape index (κ3) is 3.01. The molecule has 1 aromatic rings. The standard InChI is InChI=1S/C14H17BrN2/c1-2-3-8-17(12-6-7-12)13-5-4-11(10-16)14(15)9-13/h4-5,9,12H,2-3,6-8H2,1H3. The third-order valence-corrected chi connectivity index (χ3v) is 3.80. The van der Waals surface area contributed by atoms with Crippen LogP contribution in [-0.4, -0.2) is 12.6 Å². The predicted octanol–water partition coefficient (Wildman–Crippen LogP) is 4.09. The van der Waals surface area contributed by atoms with E-state index in [0.29, 0.717) is 5.56 Å². The van der Waals surface area contributed by atoms with Gasteiger partial charge in [0.1, 0.15) is 6.07 Å². The zero-order valence-corrected chi connectivity index (χ0v) is 11.7. The lowest BCUT2D eigenvalue weighted by Crippen LogP contribution is -2.26. The summed E-state index contributed by atoms with van der Waals surface area (Å²) < 4.78 is 0.902. The van der Waals surface area contributed by atoms with E-state index < -0.39 is 0 Å². The van der Waals surface area contributed by atoms with Gasteiger partial charge in [-0.25, -0.2) is 0 Å². The van der Waals surface area contributed by atoms with Gasteiger partial charge in [-0.05, 0) is 53.4 Å². The van der Waals surface area contributed by atoms with Gasteiger partial charge >= 0.3 is 0 Å². The Morgan fingerprint density at radius 1 is 1.47 bits per heavy atom. The normalized spacial score (nSPS) is 14.4. The van der Waals surface area contributed by atoms with Crippen molar-refractivity contribution in [3.8, 4) is 6.07 Å². The molecule has 1 aliphatic carbocycles. The monoisotopic (exact) mass is 292 g/mol. The number of benzene rings is 1. The summed E-state index contributed by atoms with van der Waals surface area (Å²) in [4.78, 5) is 2.48. The van der Waals surface area contributed by atoms with E-state index in [1.165, 1.54) is 31.4 Å². The van der Waals surface area contributed by atoms with Crippen molar-refractivity contribution in [2.75, 3.05) is 11.4 Å². The molecule has 0 aliphatic heterocycles. The highest BCUT2D eigenvalue weighted by atomic mass is 79.9. The van der Waals surface area contributed by atoms with E-state index in [1.54, 1.807) is 0 Å². The van der Waals surface area contributed by atoms with Gasteiger partial charge in [0.05, 0.1) is 5.56 Å². The maximum Gasteiger partial charge on any atom is 0.100 e. The van der Waals surface area contributed by atoms with Crippen LogP contribution in [0.4, 0.5) is 5.69 Å². The molecule has 1 saturated carbocycles. The number of nitriles is 1. The maximum atomic E-state index is 8.92. The number of hydrogen-bond donors (Lipinski definition) is 0. The van der Waals surface area contributed by atoms with Crippen molar-refractivity contribution in [3.63, 3.8) is 0 Å². The largest absolute Gasteiger partial charge is 0.369 e. The molecule has 3 heteroatoms. The number of unbranched alkanes of at least 4 members (excludes halogenated alkanes) is 1. The van der Waals surface area contributed by atoms with Gasteiger partial charge in [0, 0.05) is 22.7 Å². The van der Waals surface area contributed by atoms with Gasteiger partial charge in [0.15, 0.2) is 0 Å². The molecule has 0 heterocycles. The van der Waals surface area contributed by atoms with Crippen molar-refractivity contribution < 1.29 is 0 Å². The molecule has 0 N–H and O–H groups in total. The van der Waals surface area contributed by atoms with Crippen molar-refractivity contribution in [2.45, 2.75) is 38.6 Å². The van der Waals surface area contributed by atoms with Crippen LogP contribution >= 0.6 is 15.9 Å². The average molecular weight is 293 g/mol. The first kappa shape index (κ1) is 12.4. The van der Waals surface area contributed by atoms with Crippen LogP contribution in [0.25, 0.3) is 0 Å². The Labute approximate surface area is 111 Å². The van der Waals surface area contributed by atoms with Gasteiger partial charge in [-0.1, -0.05) is 13.3 Å². The van der Waals surface area contributed by atoms with Crippen LogP contribution in [0.2, 0.25) is 0 Å². The van der Waals surface area contributed by atoms with Crippen molar-refractivity contribution in [2.24, 2.45) is 0 Å². The zero-order valence-electron chi connectivity index (χ0n) is 10.1. The maximum absolute atomic E-state index is 8.92. The summed E-state index contributed by atoms with van der Waals surface area (Å²) >= 11 is 3.46. The molecular formula is C14H17BrN2. The quantitative estimate of drug-likeness (QED) is 0.817. The summed E-state index contributed by atoms with van der Waals surface area (Å²) in [5.41, 5.74) is 1.95. The van der Waals surface area contributed by atoms with Crippen molar-refractivity contribution in [1.82, 2.24) is 0 Å². The molecule has 17 heavy (non-hydrogen) atoms. The molecule has 0 radical (unpaired) electrons. The van der Waals surface area contributed by atoms with E-state index >= 15 is 0 Å². The lowest BCUT2D eigenvalue weighted by molar-refractivity contribution is 0.713. The highest BCUT2D eigenvalue weighted by Gasteiger charge is 2.28. The van der Waals surface area contributed by atoms with Crippen LogP contribution in [-0.2, 0) is 0 Å².